The Bertz CT molecular complexity index is 1370. The third-order valence-corrected chi connectivity index (χ3v) is 6.99. The van der Waals surface area contributed by atoms with Crippen molar-refractivity contribution in [1.29, 1.82) is 0 Å². The van der Waals surface area contributed by atoms with Gasteiger partial charge >= 0.3 is 18.7 Å². The number of nitrogens with one attached hydrogen (secondary N) is 2. The molecule has 3 aromatic carbocycles. The number of benzene rings is 3. The number of aliphatic hydroxyl groups is 1. The van der Waals surface area contributed by atoms with Gasteiger partial charge in [-0.25, -0.2) is 8.78 Å². The first kappa shape index (κ1) is 32.6. The van der Waals surface area contributed by atoms with Gasteiger partial charge in [0.1, 0.15) is 17.4 Å². The molecule has 3 N–H and O–H groups in total. The number of ether oxygens (including phenoxy) is 1. The lowest BCUT2D eigenvalue weighted by Crippen LogP contribution is -2.49. The van der Waals surface area contributed by atoms with Crippen molar-refractivity contribution < 1.29 is 49.4 Å². The van der Waals surface area contributed by atoms with Crippen LogP contribution in [0, 0.1) is 11.6 Å². The fourth-order valence-electron chi connectivity index (χ4n) is 4.76. The fraction of sp³-hybridized carbons (Fsp3) is 0.400. The summed E-state index contributed by atoms with van der Waals surface area (Å²) < 4.78 is 127. The van der Waals surface area contributed by atoms with E-state index in [1.54, 1.807) is 30.3 Å². The molecule has 0 aliphatic heterocycles. The van der Waals surface area contributed by atoms with Gasteiger partial charge in [-0.1, -0.05) is 36.4 Å². The Kier molecular flexibility index (Phi) is 9.97. The van der Waals surface area contributed by atoms with Crippen LogP contribution in [0.3, 0.4) is 0 Å². The lowest BCUT2D eigenvalue weighted by Gasteiger charge is -2.38. The molecule has 4 rings (SSSR count). The molecule has 1 fully saturated rings. The molecule has 4 nitrogen and oxygen atoms in total. The molecule has 1 saturated carbocycles. The Balaban J connectivity index is 1.88. The van der Waals surface area contributed by atoms with Crippen LogP contribution in [0.1, 0.15) is 41.5 Å². The van der Waals surface area contributed by atoms with Crippen molar-refractivity contribution in [1.82, 2.24) is 10.6 Å². The maximum absolute atomic E-state index is 15.0. The van der Waals surface area contributed by atoms with E-state index in [1.807, 2.05) is 0 Å². The van der Waals surface area contributed by atoms with Crippen LogP contribution in [0.4, 0.5) is 39.5 Å². The molecule has 0 unspecified atom stereocenters. The lowest BCUT2D eigenvalue weighted by atomic mass is 9.77. The van der Waals surface area contributed by atoms with Crippen LogP contribution < -0.4 is 15.4 Å². The summed E-state index contributed by atoms with van der Waals surface area (Å²) >= 11 is 0. The van der Waals surface area contributed by atoms with Crippen LogP contribution in [0.25, 0.3) is 0 Å². The molecule has 0 aromatic heterocycles. The standard InChI is InChI=1S/C30H29F9N2O2/c31-22-11-21(12-25(13-22)43-30(38,39)27(33)34)28(14-18-4-2-1-3-5-18,41-17-24(42)15-29(35,36)37)20-6-9-26(32)19(10-20)16-40-23-7-8-23/h1-6,9-13,23-24,27,40-42H,7-8,14-17H2/t24-,28-/m1/s1. The predicted molar refractivity (Wildman–Crippen MR) is 140 cm³/mol. The van der Waals surface area contributed by atoms with Gasteiger partial charge in [-0.15, -0.1) is 0 Å². The van der Waals surface area contributed by atoms with Crippen LogP contribution in [-0.4, -0.2) is 42.5 Å². The molecule has 1 aliphatic carbocycles. The first-order chi connectivity index (χ1) is 20.2. The molecule has 3 aromatic rings. The molecular formula is C30H29F9N2O2. The summed E-state index contributed by atoms with van der Waals surface area (Å²) in [6.07, 6.45) is -15.9. The molecule has 1 aliphatic rings. The Morgan fingerprint density at radius 3 is 2.21 bits per heavy atom. The molecule has 2 atom stereocenters. The van der Waals surface area contributed by atoms with Crippen molar-refractivity contribution in [2.45, 2.75) is 68.6 Å². The van der Waals surface area contributed by atoms with E-state index >= 15 is 0 Å². The largest absolute Gasteiger partial charge is 0.461 e. The first-order valence-electron chi connectivity index (χ1n) is 13.4. The Hall–Kier alpha value is -3.29. The zero-order valence-electron chi connectivity index (χ0n) is 22.6. The quantitative estimate of drug-likeness (QED) is 0.173. The van der Waals surface area contributed by atoms with Gasteiger partial charge < -0.3 is 20.5 Å². The molecule has 0 radical (unpaired) electrons. The second kappa shape index (κ2) is 13.1. The first-order valence-corrected chi connectivity index (χ1v) is 13.4. The summed E-state index contributed by atoms with van der Waals surface area (Å²) in [7, 11) is 0. The van der Waals surface area contributed by atoms with Gasteiger partial charge in [-0.05, 0) is 60.2 Å². The normalized spacial score (nSPS) is 16.3. The van der Waals surface area contributed by atoms with E-state index in [4.69, 9.17) is 0 Å². The molecule has 0 heterocycles. The molecule has 0 spiro atoms. The zero-order chi connectivity index (χ0) is 31.4. The minimum Gasteiger partial charge on any atom is -0.428 e. The Labute approximate surface area is 241 Å². The number of hydrogen-bond acceptors (Lipinski definition) is 4. The Morgan fingerprint density at radius 2 is 1.58 bits per heavy atom. The highest BCUT2D eigenvalue weighted by Crippen LogP contribution is 2.39. The SMILES string of the molecule is O[C@@H](CN[C@@](Cc1ccccc1)(c1cc(F)cc(OC(F)(F)C(F)F)c1)c1ccc(F)c(CNC2CC2)c1)CC(F)(F)F. The van der Waals surface area contributed by atoms with Crippen molar-refractivity contribution in [2.24, 2.45) is 0 Å². The van der Waals surface area contributed by atoms with Crippen LogP contribution >= 0.6 is 0 Å². The van der Waals surface area contributed by atoms with Gasteiger partial charge in [-0.3, -0.25) is 0 Å². The maximum Gasteiger partial charge on any atom is 0.461 e. The number of hydrogen-bond donors (Lipinski definition) is 3. The monoisotopic (exact) mass is 620 g/mol. The summed E-state index contributed by atoms with van der Waals surface area (Å²) in [5.41, 5.74) is -1.12. The Morgan fingerprint density at radius 1 is 0.884 bits per heavy atom. The van der Waals surface area contributed by atoms with Crippen molar-refractivity contribution >= 4 is 0 Å². The minimum atomic E-state index is -4.99. The van der Waals surface area contributed by atoms with E-state index in [1.165, 1.54) is 12.1 Å². The van der Waals surface area contributed by atoms with Gasteiger partial charge in [0, 0.05) is 30.8 Å². The number of alkyl halides is 7. The van der Waals surface area contributed by atoms with Crippen LogP contribution in [0.5, 0.6) is 5.75 Å². The van der Waals surface area contributed by atoms with E-state index in [9.17, 15) is 44.6 Å². The summed E-state index contributed by atoms with van der Waals surface area (Å²) in [6.45, 7) is -0.639. The number of rotatable bonds is 14. The zero-order valence-corrected chi connectivity index (χ0v) is 22.6. The topological polar surface area (TPSA) is 53.5 Å². The molecular weight excluding hydrogens is 591 g/mol. The average molecular weight is 621 g/mol. The average Bonchev–Trinajstić information content (AvgIpc) is 3.74. The predicted octanol–water partition coefficient (Wildman–Crippen LogP) is 6.84. The van der Waals surface area contributed by atoms with Crippen LogP contribution in [-0.2, 0) is 18.5 Å². The second-order valence-corrected chi connectivity index (χ2v) is 10.5. The smallest absolute Gasteiger partial charge is 0.428 e. The van der Waals surface area contributed by atoms with E-state index in [2.05, 4.69) is 15.4 Å². The van der Waals surface area contributed by atoms with Gasteiger partial charge in [0.15, 0.2) is 0 Å². The highest BCUT2D eigenvalue weighted by atomic mass is 19.4. The molecule has 0 saturated heterocycles. The molecule has 0 bridgehead atoms. The fourth-order valence-corrected chi connectivity index (χ4v) is 4.76. The summed E-state index contributed by atoms with van der Waals surface area (Å²) in [4.78, 5) is 0. The highest BCUT2D eigenvalue weighted by molar-refractivity contribution is 5.46. The third-order valence-electron chi connectivity index (χ3n) is 6.99. The molecule has 0 amide bonds. The third kappa shape index (κ3) is 8.87. The van der Waals surface area contributed by atoms with E-state index in [-0.39, 0.29) is 35.7 Å². The number of aliphatic hydroxyl groups excluding tert-OH is 1. The van der Waals surface area contributed by atoms with Gasteiger partial charge in [-0.2, -0.15) is 30.7 Å². The highest BCUT2D eigenvalue weighted by Gasteiger charge is 2.45. The maximum atomic E-state index is 15.0. The molecule has 43 heavy (non-hydrogen) atoms. The van der Waals surface area contributed by atoms with E-state index in [0.717, 1.165) is 31.0 Å². The second-order valence-electron chi connectivity index (χ2n) is 10.5. The van der Waals surface area contributed by atoms with Gasteiger partial charge in [0.05, 0.1) is 18.1 Å². The van der Waals surface area contributed by atoms with Gasteiger partial charge in [0.25, 0.3) is 0 Å². The van der Waals surface area contributed by atoms with E-state index < -0.39 is 60.7 Å². The van der Waals surface area contributed by atoms with Crippen molar-refractivity contribution in [2.75, 3.05) is 6.54 Å². The molecule has 13 heteroatoms. The van der Waals surface area contributed by atoms with Crippen molar-refractivity contribution in [3.8, 4) is 5.75 Å². The van der Waals surface area contributed by atoms with Crippen LogP contribution in [0.2, 0.25) is 0 Å². The summed E-state index contributed by atoms with van der Waals surface area (Å²) in [5, 5.41) is 16.3. The summed E-state index contributed by atoms with van der Waals surface area (Å²) in [5.74, 6) is -2.76. The van der Waals surface area contributed by atoms with Crippen LogP contribution in [0.15, 0.2) is 66.7 Å². The van der Waals surface area contributed by atoms with Crippen molar-refractivity contribution in [3.05, 3.63) is 101 Å². The van der Waals surface area contributed by atoms with Crippen molar-refractivity contribution in [3.63, 3.8) is 0 Å². The summed E-state index contributed by atoms with van der Waals surface area (Å²) in [6, 6.07) is 14.5. The minimum absolute atomic E-state index is 0.0839. The molecule has 234 valence electrons. The lowest BCUT2D eigenvalue weighted by molar-refractivity contribution is -0.253. The van der Waals surface area contributed by atoms with Gasteiger partial charge in [0.2, 0.25) is 0 Å². The number of halogens is 9. The van der Waals surface area contributed by atoms with E-state index in [0.29, 0.717) is 11.6 Å².